The standard InChI is InChI=1S/C30H40ClN3O3/c1-4-26(24-8-6-5-7-9-24)29(36)34-14-12-30(13-15-34,21-28(35)33-18-16-32(3)17-19-33)22-37-25-10-11-27(31)23(2)20-25/h5-11,20,26H,4,12-19,21-22H2,1-3H3/t26-/m1/s1. The van der Waals surface area contributed by atoms with Crippen LogP contribution in [0, 0.1) is 12.3 Å². The van der Waals surface area contributed by atoms with Gasteiger partial charge in [-0.1, -0.05) is 48.9 Å². The Balaban J connectivity index is 1.46. The van der Waals surface area contributed by atoms with E-state index in [-0.39, 0.29) is 23.1 Å². The molecule has 4 rings (SSSR count). The van der Waals surface area contributed by atoms with Crippen molar-refractivity contribution in [2.24, 2.45) is 5.41 Å². The van der Waals surface area contributed by atoms with Gasteiger partial charge in [-0.2, -0.15) is 0 Å². The van der Waals surface area contributed by atoms with Gasteiger partial charge in [-0.05, 0) is 62.6 Å². The summed E-state index contributed by atoms with van der Waals surface area (Å²) in [5, 5.41) is 0.711. The summed E-state index contributed by atoms with van der Waals surface area (Å²) in [6.07, 6.45) is 2.71. The van der Waals surface area contributed by atoms with E-state index in [1.807, 2.05) is 65.3 Å². The Bertz CT molecular complexity index is 1060. The Morgan fingerprint density at radius 2 is 1.65 bits per heavy atom. The summed E-state index contributed by atoms with van der Waals surface area (Å²) < 4.78 is 6.28. The summed E-state index contributed by atoms with van der Waals surface area (Å²) in [4.78, 5) is 33.1. The molecule has 7 heteroatoms. The second-order valence-electron chi connectivity index (χ2n) is 10.8. The summed E-state index contributed by atoms with van der Waals surface area (Å²) in [6.45, 7) is 9.10. The fraction of sp³-hybridized carbons (Fsp3) is 0.533. The fourth-order valence-corrected chi connectivity index (χ4v) is 5.58. The van der Waals surface area contributed by atoms with Gasteiger partial charge in [0.2, 0.25) is 11.8 Å². The van der Waals surface area contributed by atoms with Gasteiger partial charge in [0.05, 0.1) is 12.5 Å². The molecule has 2 fully saturated rings. The average molecular weight is 526 g/mol. The molecular formula is C30H40ClN3O3. The molecule has 0 saturated carbocycles. The number of aryl methyl sites for hydroxylation is 1. The summed E-state index contributed by atoms with van der Waals surface area (Å²) in [6, 6.07) is 15.7. The van der Waals surface area contributed by atoms with Gasteiger partial charge in [-0.15, -0.1) is 0 Å². The Morgan fingerprint density at radius 3 is 2.27 bits per heavy atom. The molecule has 0 aliphatic carbocycles. The maximum Gasteiger partial charge on any atom is 0.230 e. The van der Waals surface area contributed by atoms with Gasteiger partial charge < -0.3 is 19.4 Å². The van der Waals surface area contributed by atoms with Crippen molar-refractivity contribution in [2.45, 2.75) is 45.4 Å². The smallest absolute Gasteiger partial charge is 0.230 e. The van der Waals surface area contributed by atoms with E-state index >= 15 is 0 Å². The lowest BCUT2D eigenvalue weighted by atomic mass is 9.75. The maximum atomic E-state index is 13.5. The average Bonchev–Trinajstić information content (AvgIpc) is 2.91. The number of hydrogen-bond donors (Lipinski definition) is 0. The van der Waals surface area contributed by atoms with Crippen molar-refractivity contribution in [3.63, 3.8) is 0 Å². The van der Waals surface area contributed by atoms with E-state index in [1.54, 1.807) is 0 Å². The maximum absolute atomic E-state index is 13.5. The molecule has 2 aliphatic rings. The molecule has 0 bridgehead atoms. The molecule has 2 amide bonds. The molecule has 0 radical (unpaired) electrons. The molecule has 2 aromatic rings. The van der Waals surface area contributed by atoms with E-state index in [2.05, 4.69) is 18.9 Å². The Morgan fingerprint density at radius 1 is 0.973 bits per heavy atom. The largest absolute Gasteiger partial charge is 0.493 e. The number of rotatable bonds is 8. The molecule has 2 saturated heterocycles. The summed E-state index contributed by atoms with van der Waals surface area (Å²) in [5.74, 6) is 1.01. The lowest BCUT2D eigenvalue weighted by Crippen LogP contribution is -2.51. The van der Waals surface area contributed by atoms with Crippen molar-refractivity contribution in [1.29, 1.82) is 0 Å². The Labute approximate surface area is 226 Å². The molecule has 0 spiro atoms. The quantitative estimate of drug-likeness (QED) is 0.487. The van der Waals surface area contributed by atoms with Crippen LogP contribution in [-0.2, 0) is 9.59 Å². The van der Waals surface area contributed by atoms with E-state index < -0.39 is 0 Å². The van der Waals surface area contributed by atoms with Gasteiger partial charge in [0.25, 0.3) is 0 Å². The third-order valence-corrected chi connectivity index (χ3v) is 8.52. The van der Waals surface area contributed by atoms with E-state index in [1.165, 1.54) is 0 Å². The summed E-state index contributed by atoms with van der Waals surface area (Å²) in [5.41, 5.74) is 1.73. The number of hydrogen-bond acceptors (Lipinski definition) is 4. The zero-order chi connectivity index (χ0) is 26.4. The first-order valence-corrected chi connectivity index (χ1v) is 13.9. The molecule has 2 heterocycles. The number of amides is 2. The van der Waals surface area contributed by atoms with E-state index in [4.69, 9.17) is 16.3 Å². The van der Waals surface area contributed by atoms with Crippen LogP contribution in [-0.4, -0.2) is 79.4 Å². The second-order valence-corrected chi connectivity index (χ2v) is 11.2. The fourth-order valence-electron chi connectivity index (χ4n) is 5.46. The molecular weight excluding hydrogens is 486 g/mol. The van der Waals surface area contributed by atoms with E-state index in [9.17, 15) is 9.59 Å². The predicted octanol–water partition coefficient (Wildman–Crippen LogP) is 4.99. The lowest BCUT2D eigenvalue weighted by molar-refractivity contribution is -0.139. The number of benzene rings is 2. The van der Waals surface area contributed by atoms with Crippen LogP contribution >= 0.6 is 11.6 Å². The van der Waals surface area contributed by atoms with E-state index in [0.717, 1.165) is 62.3 Å². The highest BCUT2D eigenvalue weighted by molar-refractivity contribution is 6.31. The molecule has 1 atom stereocenters. The highest BCUT2D eigenvalue weighted by Gasteiger charge is 2.41. The highest BCUT2D eigenvalue weighted by Crippen LogP contribution is 2.38. The van der Waals surface area contributed by atoms with Crippen molar-refractivity contribution >= 4 is 23.4 Å². The van der Waals surface area contributed by atoms with Crippen LogP contribution in [0.15, 0.2) is 48.5 Å². The van der Waals surface area contributed by atoms with Crippen LogP contribution in [0.5, 0.6) is 5.75 Å². The third kappa shape index (κ3) is 6.85. The van der Waals surface area contributed by atoms with Gasteiger partial charge in [0.1, 0.15) is 5.75 Å². The molecule has 0 N–H and O–H groups in total. The zero-order valence-corrected chi connectivity index (χ0v) is 23.2. The monoisotopic (exact) mass is 525 g/mol. The first-order valence-electron chi connectivity index (χ1n) is 13.5. The number of piperidine rings is 1. The number of nitrogens with zero attached hydrogens (tertiary/aromatic N) is 3. The Hall–Kier alpha value is -2.57. The lowest BCUT2D eigenvalue weighted by Gasteiger charge is -2.43. The first kappa shape index (κ1) is 27.5. The Kier molecular flexibility index (Phi) is 9.14. The van der Waals surface area contributed by atoms with Crippen LogP contribution in [0.2, 0.25) is 5.02 Å². The third-order valence-electron chi connectivity index (χ3n) is 8.10. The highest BCUT2D eigenvalue weighted by atomic mass is 35.5. The van der Waals surface area contributed by atoms with Crippen LogP contribution in [0.3, 0.4) is 0 Å². The molecule has 200 valence electrons. The summed E-state index contributed by atoms with van der Waals surface area (Å²) in [7, 11) is 2.09. The molecule has 2 aliphatic heterocycles. The number of carbonyl (C=O) groups excluding carboxylic acids is 2. The minimum Gasteiger partial charge on any atom is -0.493 e. The topological polar surface area (TPSA) is 53.1 Å². The van der Waals surface area contributed by atoms with Crippen LogP contribution in [0.1, 0.15) is 49.7 Å². The molecule has 6 nitrogen and oxygen atoms in total. The summed E-state index contributed by atoms with van der Waals surface area (Å²) >= 11 is 6.20. The van der Waals surface area contributed by atoms with Gasteiger partial charge in [-0.3, -0.25) is 9.59 Å². The van der Waals surface area contributed by atoms with Crippen LogP contribution in [0.4, 0.5) is 0 Å². The van der Waals surface area contributed by atoms with Gasteiger partial charge in [-0.25, -0.2) is 0 Å². The molecule has 0 unspecified atom stereocenters. The first-order chi connectivity index (χ1) is 17.8. The number of ether oxygens (including phenoxy) is 1. The van der Waals surface area contributed by atoms with Gasteiger partial charge >= 0.3 is 0 Å². The van der Waals surface area contributed by atoms with E-state index in [0.29, 0.717) is 31.1 Å². The molecule has 2 aromatic carbocycles. The van der Waals surface area contributed by atoms with Crippen molar-refractivity contribution in [3.8, 4) is 5.75 Å². The molecule has 37 heavy (non-hydrogen) atoms. The zero-order valence-electron chi connectivity index (χ0n) is 22.4. The number of likely N-dealkylation sites (tertiary alicyclic amines) is 1. The second kappa shape index (κ2) is 12.3. The van der Waals surface area contributed by atoms with Crippen molar-refractivity contribution in [3.05, 3.63) is 64.7 Å². The number of halogens is 1. The number of carbonyl (C=O) groups is 2. The van der Waals surface area contributed by atoms with Crippen molar-refractivity contribution < 1.29 is 14.3 Å². The SMILES string of the molecule is CC[C@@H](C(=O)N1CCC(COc2ccc(Cl)c(C)c2)(CC(=O)N2CCN(C)CC2)CC1)c1ccccc1. The van der Waals surface area contributed by atoms with Crippen molar-refractivity contribution in [1.82, 2.24) is 14.7 Å². The number of piperazine rings is 1. The van der Waals surface area contributed by atoms with Crippen molar-refractivity contribution in [2.75, 3.05) is 52.9 Å². The number of likely N-dealkylation sites (N-methyl/N-ethyl adjacent to an activating group) is 1. The minimum atomic E-state index is -0.306. The van der Waals surface area contributed by atoms with Gasteiger partial charge in [0.15, 0.2) is 0 Å². The van der Waals surface area contributed by atoms with Gasteiger partial charge in [0, 0.05) is 56.1 Å². The van der Waals surface area contributed by atoms with Crippen LogP contribution < -0.4 is 4.74 Å². The van der Waals surface area contributed by atoms with Crippen LogP contribution in [0.25, 0.3) is 0 Å². The normalized spacial score (nSPS) is 18.9. The predicted molar refractivity (Wildman–Crippen MR) is 148 cm³/mol. The minimum absolute atomic E-state index is 0.131. The molecule has 0 aromatic heterocycles.